The van der Waals surface area contributed by atoms with E-state index in [0.29, 0.717) is 0 Å². The van der Waals surface area contributed by atoms with Crippen molar-refractivity contribution >= 4 is 0 Å². The van der Waals surface area contributed by atoms with Gasteiger partial charge in [0.25, 0.3) is 0 Å². The summed E-state index contributed by atoms with van der Waals surface area (Å²) in [6.07, 6.45) is 0. The van der Waals surface area contributed by atoms with Crippen molar-refractivity contribution in [2.24, 2.45) is 0 Å². The van der Waals surface area contributed by atoms with Crippen LogP contribution in [0.5, 0.6) is 0 Å². The number of rotatable bonds is 5. The molecule has 176 valence electrons. The molecule has 37 heavy (non-hydrogen) atoms. The summed E-state index contributed by atoms with van der Waals surface area (Å²) in [6, 6.07) is 54.6. The summed E-state index contributed by atoms with van der Waals surface area (Å²) >= 11 is 0. The van der Waals surface area contributed by atoms with Gasteiger partial charge < -0.3 is 0 Å². The van der Waals surface area contributed by atoms with Crippen LogP contribution < -0.4 is 0 Å². The van der Waals surface area contributed by atoms with E-state index in [2.05, 4.69) is 159 Å². The van der Waals surface area contributed by atoms with Gasteiger partial charge in [0.1, 0.15) is 0 Å². The zero-order chi connectivity index (χ0) is 25.0. The number of hydrogen-bond donors (Lipinski definition) is 0. The Morgan fingerprint density at radius 3 is 1.03 bits per heavy atom. The third-order valence-electron chi connectivity index (χ3n) is 6.96. The monoisotopic (exact) mass is 472 g/mol. The maximum absolute atomic E-state index is 2.40. The van der Waals surface area contributed by atoms with Crippen molar-refractivity contribution in [2.45, 2.75) is 6.92 Å². The van der Waals surface area contributed by atoms with E-state index in [0.717, 1.165) is 0 Å². The molecule has 0 heterocycles. The van der Waals surface area contributed by atoms with Gasteiger partial charge in [0.2, 0.25) is 0 Å². The molecule has 0 aliphatic heterocycles. The molecule has 0 N–H and O–H groups in total. The zero-order valence-electron chi connectivity index (χ0n) is 20.9. The molecule has 0 amide bonds. The van der Waals surface area contributed by atoms with Gasteiger partial charge in [-0.15, -0.1) is 0 Å². The van der Waals surface area contributed by atoms with Gasteiger partial charge in [-0.25, -0.2) is 0 Å². The van der Waals surface area contributed by atoms with Gasteiger partial charge in [0, 0.05) is 0 Å². The predicted octanol–water partition coefficient (Wildman–Crippen LogP) is 10.3. The second-order valence-electron chi connectivity index (χ2n) is 9.43. The second-order valence-corrected chi connectivity index (χ2v) is 9.43. The Morgan fingerprint density at radius 1 is 0.297 bits per heavy atom. The van der Waals surface area contributed by atoms with E-state index in [9.17, 15) is 0 Å². The van der Waals surface area contributed by atoms with Gasteiger partial charge in [-0.3, -0.25) is 0 Å². The van der Waals surface area contributed by atoms with Crippen molar-refractivity contribution in [1.29, 1.82) is 0 Å². The molecule has 6 rings (SSSR count). The Hall–Kier alpha value is -4.68. The lowest BCUT2D eigenvalue weighted by molar-refractivity contribution is 1.46. The Balaban J connectivity index is 1.84. The van der Waals surface area contributed by atoms with Crippen LogP contribution in [0.15, 0.2) is 152 Å². The first kappa shape index (κ1) is 22.8. The standard InChI is InChI=1S/C37H28/c1-27-22-24-32(25-23-27)36-34(29-16-8-3-9-17-29)26-33(28-14-6-2-7-15-28)35(30-18-10-4-11-19-30)37(36)31-20-12-5-13-21-31/h2-26H,1H3. The SMILES string of the molecule is Cc1ccc(-c2c(-c3ccccc3)cc(-c3ccccc3)c(-c3ccccc3)c2-c2ccccc2)cc1. The van der Waals surface area contributed by atoms with Gasteiger partial charge in [-0.1, -0.05) is 151 Å². The third kappa shape index (κ3) is 4.50. The van der Waals surface area contributed by atoms with Gasteiger partial charge >= 0.3 is 0 Å². The van der Waals surface area contributed by atoms with E-state index in [1.807, 2.05) is 0 Å². The number of hydrogen-bond acceptors (Lipinski definition) is 0. The normalized spacial score (nSPS) is 10.8. The van der Waals surface area contributed by atoms with E-state index in [4.69, 9.17) is 0 Å². The van der Waals surface area contributed by atoms with E-state index in [1.165, 1.54) is 61.2 Å². The molecule has 0 saturated carbocycles. The van der Waals surface area contributed by atoms with E-state index < -0.39 is 0 Å². The second kappa shape index (κ2) is 10.1. The molecule has 0 fully saturated rings. The van der Waals surface area contributed by atoms with Crippen LogP contribution in [0.1, 0.15) is 5.56 Å². The van der Waals surface area contributed by atoms with Gasteiger partial charge in [-0.2, -0.15) is 0 Å². The minimum Gasteiger partial charge on any atom is -0.0622 e. The molecular formula is C37H28. The minimum atomic E-state index is 1.21. The third-order valence-corrected chi connectivity index (χ3v) is 6.96. The fourth-order valence-electron chi connectivity index (χ4n) is 5.19. The maximum Gasteiger partial charge on any atom is -0.00143 e. The fourth-order valence-corrected chi connectivity index (χ4v) is 5.19. The molecule has 0 aliphatic rings. The Bertz CT molecular complexity index is 1610. The number of benzene rings is 6. The molecule has 0 unspecified atom stereocenters. The first-order valence-corrected chi connectivity index (χ1v) is 12.8. The fraction of sp³-hybridized carbons (Fsp3) is 0.0270. The first-order chi connectivity index (χ1) is 18.3. The lowest BCUT2D eigenvalue weighted by atomic mass is 9.79. The van der Waals surface area contributed by atoms with Crippen molar-refractivity contribution in [3.8, 4) is 55.6 Å². The van der Waals surface area contributed by atoms with Crippen molar-refractivity contribution in [2.75, 3.05) is 0 Å². The molecule has 0 bridgehead atoms. The van der Waals surface area contributed by atoms with Crippen LogP contribution >= 0.6 is 0 Å². The van der Waals surface area contributed by atoms with Crippen LogP contribution in [0.4, 0.5) is 0 Å². The van der Waals surface area contributed by atoms with Crippen LogP contribution in [-0.2, 0) is 0 Å². The van der Waals surface area contributed by atoms with Crippen molar-refractivity contribution < 1.29 is 0 Å². The molecule has 0 spiro atoms. The summed E-state index contributed by atoms with van der Waals surface area (Å²) < 4.78 is 0. The predicted molar refractivity (Wildman–Crippen MR) is 158 cm³/mol. The lowest BCUT2D eigenvalue weighted by Crippen LogP contribution is -1.98. The molecule has 0 saturated heterocycles. The van der Waals surface area contributed by atoms with Crippen molar-refractivity contribution in [3.05, 3.63) is 157 Å². The van der Waals surface area contributed by atoms with Crippen molar-refractivity contribution in [3.63, 3.8) is 0 Å². The quantitative estimate of drug-likeness (QED) is 0.234. The molecular weight excluding hydrogens is 444 g/mol. The summed E-state index contributed by atoms with van der Waals surface area (Å²) in [7, 11) is 0. The highest BCUT2D eigenvalue weighted by Crippen LogP contribution is 2.50. The van der Waals surface area contributed by atoms with E-state index in [1.54, 1.807) is 0 Å². The molecule has 6 aromatic carbocycles. The summed E-state index contributed by atoms with van der Waals surface area (Å²) in [5, 5.41) is 0. The summed E-state index contributed by atoms with van der Waals surface area (Å²) in [6.45, 7) is 2.15. The van der Waals surface area contributed by atoms with Crippen LogP contribution in [0, 0.1) is 6.92 Å². The highest BCUT2D eigenvalue weighted by Gasteiger charge is 2.23. The lowest BCUT2D eigenvalue weighted by Gasteiger charge is -2.24. The largest absolute Gasteiger partial charge is 0.0622 e. The van der Waals surface area contributed by atoms with Crippen LogP contribution in [0.25, 0.3) is 55.6 Å². The zero-order valence-corrected chi connectivity index (χ0v) is 20.9. The van der Waals surface area contributed by atoms with Gasteiger partial charge in [-0.05, 0) is 68.6 Å². The van der Waals surface area contributed by atoms with Gasteiger partial charge in [0.15, 0.2) is 0 Å². The molecule has 0 radical (unpaired) electrons. The Morgan fingerprint density at radius 2 is 0.622 bits per heavy atom. The minimum absolute atomic E-state index is 1.21. The van der Waals surface area contributed by atoms with Crippen LogP contribution in [0.3, 0.4) is 0 Å². The van der Waals surface area contributed by atoms with Crippen LogP contribution in [0.2, 0.25) is 0 Å². The molecule has 0 nitrogen and oxygen atoms in total. The first-order valence-electron chi connectivity index (χ1n) is 12.8. The summed E-state index contributed by atoms with van der Waals surface area (Å²) in [5.74, 6) is 0. The molecule has 6 aromatic rings. The smallest absolute Gasteiger partial charge is 0.00143 e. The topological polar surface area (TPSA) is 0 Å². The maximum atomic E-state index is 2.40. The van der Waals surface area contributed by atoms with Crippen LogP contribution in [-0.4, -0.2) is 0 Å². The van der Waals surface area contributed by atoms with Gasteiger partial charge in [0.05, 0.1) is 0 Å². The highest BCUT2D eigenvalue weighted by molar-refractivity contribution is 6.07. The Labute approximate surface area is 219 Å². The summed E-state index contributed by atoms with van der Waals surface area (Å²) in [5.41, 5.74) is 13.6. The molecule has 0 aliphatic carbocycles. The summed E-state index contributed by atoms with van der Waals surface area (Å²) in [4.78, 5) is 0. The number of aryl methyl sites for hydroxylation is 1. The Kier molecular flexibility index (Phi) is 6.23. The average Bonchev–Trinajstić information content (AvgIpc) is 2.98. The van der Waals surface area contributed by atoms with E-state index >= 15 is 0 Å². The average molecular weight is 473 g/mol. The van der Waals surface area contributed by atoms with E-state index in [-0.39, 0.29) is 0 Å². The van der Waals surface area contributed by atoms with Crippen molar-refractivity contribution in [1.82, 2.24) is 0 Å². The molecule has 0 atom stereocenters. The highest BCUT2D eigenvalue weighted by atomic mass is 14.3. The molecule has 0 heteroatoms. The molecule has 0 aromatic heterocycles.